The van der Waals surface area contributed by atoms with Gasteiger partial charge in [-0.3, -0.25) is 9.59 Å². The highest BCUT2D eigenvalue weighted by Crippen LogP contribution is 2.38. The first kappa shape index (κ1) is 24.6. The molecule has 3 heterocycles. The van der Waals surface area contributed by atoms with Crippen LogP contribution in [-0.2, 0) is 11.3 Å². The fourth-order valence-electron chi connectivity index (χ4n) is 4.61. The van der Waals surface area contributed by atoms with E-state index in [0.717, 1.165) is 56.5 Å². The van der Waals surface area contributed by atoms with E-state index < -0.39 is 0 Å². The normalized spacial score (nSPS) is 14.0. The molecule has 38 heavy (non-hydrogen) atoms. The van der Waals surface area contributed by atoms with E-state index in [0.29, 0.717) is 17.9 Å². The summed E-state index contributed by atoms with van der Waals surface area (Å²) >= 11 is 0. The number of anilines is 1. The van der Waals surface area contributed by atoms with Crippen LogP contribution < -0.4 is 16.0 Å². The summed E-state index contributed by atoms with van der Waals surface area (Å²) in [5.41, 5.74) is 13.4. The lowest BCUT2D eigenvalue weighted by molar-refractivity contribution is -0.104. The van der Waals surface area contributed by atoms with Crippen LogP contribution in [0.15, 0.2) is 71.6 Å². The molecule has 9 heteroatoms. The SMILES string of the molecule is CN/C(C)=C\C(N)=Nc1ncc(C)c(-c2c[nH]c3c(N4Cc5c(/C=C/C=O)cccc5C4=O)cccc23)n1. The average molecular weight is 506 g/mol. The monoisotopic (exact) mass is 505 g/mol. The Kier molecular flexibility index (Phi) is 6.57. The first-order chi connectivity index (χ1) is 18.4. The maximum absolute atomic E-state index is 13.4. The van der Waals surface area contributed by atoms with Gasteiger partial charge in [0.25, 0.3) is 11.9 Å². The van der Waals surface area contributed by atoms with Crippen LogP contribution in [0.1, 0.15) is 34.0 Å². The molecule has 1 aliphatic rings. The number of benzene rings is 2. The van der Waals surface area contributed by atoms with E-state index in [1.165, 1.54) is 6.08 Å². The highest BCUT2D eigenvalue weighted by atomic mass is 16.2. The van der Waals surface area contributed by atoms with Gasteiger partial charge in [-0.15, -0.1) is 0 Å². The number of aromatic nitrogens is 3. The van der Waals surface area contributed by atoms with Crippen molar-refractivity contribution in [1.29, 1.82) is 0 Å². The van der Waals surface area contributed by atoms with Crippen LogP contribution in [0.5, 0.6) is 0 Å². The lowest BCUT2D eigenvalue weighted by Gasteiger charge is -2.17. The zero-order valence-electron chi connectivity index (χ0n) is 21.3. The largest absolute Gasteiger partial charge is 0.392 e. The van der Waals surface area contributed by atoms with Crippen molar-refractivity contribution in [2.75, 3.05) is 11.9 Å². The predicted molar refractivity (Wildman–Crippen MR) is 150 cm³/mol. The molecule has 4 aromatic rings. The van der Waals surface area contributed by atoms with Crippen LogP contribution >= 0.6 is 0 Å². The highest BCUT2D eigenvalue weighted by molar-refractivity contribution is 6.15. The van der Waals surface area contributed by atoms with Crippen molar-refractivity contribution in [3.05, 3.63) is 88.9 Å². The molecule has 9 nitrogen and oxygen atoms in total. The summed E-state index contributed by atoms with van der Waals surface area (Å²) in [5, 5.41) is 3.92. The minimum Gasteiger partial charge on any atom is -0.392 e. The van der Waals surface area contributed by atoms with Gasteiger partial charge in [-0.1, -0.05) is 30.3 Å². The predicted octanol–water partition coefficient (Wildman–Crippen LogP) is 4.42. The van der Waals surface area contributed by atoms with Gasteiger partial charge in [0.15, 0.2) is 0 Å². The molecule has 4 N–H and O–H groups in total. The minimum absolute atomic E-state index is 0.0831. The number of nitrogens with zero attached hydrogens (tertiary/aromatic N) is 4. The number of aliphatic imine (C=N–C) groups is 1. The second-order valence-corrected chi connectivity index (χ2v) is 8.98. The van der Waals surface area contributed by atoms with Crippen molar-refractivity contribution in [2.45, 2.75) is 20.4 Å². The molecule has 0 bridgehead atoms. The van der Waals surface area contributed by atoms with Gasteiger partial charge in [-0.2, -0.15) is 4.99 Å². The Hall–Kier alpha value is -5.05. The zero-order chi connectivity index (χ0) is 26.8. The summed E-state index contributed by atoms with van der Waals surface area (Å²) in [5.74, 6) is 0.470. The van der Waals surface area contributed by atoms with Gasteiger partial charge in [0.05, 0.1) is 23.4 Å². The quantitative estimate of drug-likeness (QED) is 0.148. The number of aryl methyl sites for hydroxylation is 1. The van der Waals surface area contributed by atoms with E-state index in [1.54, 1.807) is 23.2 Å². The van der Waals surface area contributed by atoms with Crippen molar-refractivity contribution < 1.29 is 9.59 Å². The van der Waals surface area contributed by atoms with Gasteiger partial charge in [0, 0.05) is 41.7 Å². The third-order valence-electron chi connectivity index (χ3n) is 6.54. The molecule has 0 radical (unpaired) electrons. The molecule has 0 fully saturated rings. The van der Waals surface area contributed by atoms with E-state index in [4.69, 9.17) is 5.73 Å². The van der Waals surface area contributed by atoms with Crippen molar-refractivity contribution in [3.8, 4) is 11.3 Å². The second-order valence-electron chi connectivity index (χ2n) is 8.98. The summed E-state index contributed by atoms with van der Waals surface area (Å²) in [6.45, 7) is 4.24. The summed E-state index contributed by atoms with van der Waals surface area (Å²) < 4.78 is 0. The van der Waals surface area contributed by atoms with Gasteiger partial charge >= 0.3 is 0 Å². The molecule has 190 valence electrons. The van der Waals surface area contributed by atoms with Crippen molar-refractivity contribution in [2.24, 2.45) is 10.7 Å². The number of aromatic amines is 1. The molecule has 1 aliphatic heterocycles. The summed E-state index contributed by atoms with van der Waals surface area (Å²) in [4.78, 5) is 42.7. The Bertz CT molecular complexity index is 1660. The molecule has 0 unspecified atom stereocenters. The van der Waals surface area contributed by atoms with E-state index in [9.17, 15) is 9.59 Å². The topological polar surface area (TPSA) is 129 Å². The van der Waals surface area contributed by atoms with Gasteiger partial charge in [-0.25, -0.2) is 9.97 Å². The van der Waals surface area contributed by atoms with Crippen LogP contribution in [0.2, 0.25) is 0 Å². The Morgan fingerprint density at radius 3 is 2.82 bits per heavy atom. The molecule has 2 aromatic carbocycles. The highest BCUT2D eigenvalue weighted by Gasteiger charge is 2.31. The number of rotatable bonds is 7. The van der Waals surface area contributed by atoms with Crippen LogP contribution in [0.4, 0.5) is 11.6 Å². The summed E-state index contributed by atoms with van der Waals surface area (Å²) in [7, 11) is 1.81. The first-order valence-electron chi connectivity index (χ1n) is 12.1. The third-order valence-corrected chi connectivity index (χ3v) is 6.54. The third kappa shape index (κ3) is 4.45. The fraction of sp³-hybridized carbons (Fsp3) is 0.138. The number of aldehydes is 1. The Morgan fingerprint density at radius 1 is 1.21 bits per heavy atom. The number of hydrogen-bond donors (Lipinski definition) is 3. The minimum atomic E-state index is -0.0831. The Balaban J connectivity index is 1.55. The van der Waals surface area contributed by atoms with E-state index in [-0.39, 0.29) is 11.9 Å². The van der Waals surface area contributed by atoms with Crippen molar-refractivity contribution >= 4 is 46.6 Å². The number of carbonyl (C=O) groups is 2. The van der Waals surface area contributed by atoms with Gasteiger partial charge < -0.3 is 20.9 Å². The summed E-state index contributed by atoms with van der Waals surface area (Å²) in [6.07, 6.45) is 9.23. The zero-order valence-corrected chi connectivity index (χ0v) is 21.3. The van der Waals surface area contributed by atoms with Gasteiger partial charge in [0.2, 0.25) is 0 Å². The van der Waals surface area contributed by atoms with E-state index in [1.807, 2.05) is 63.5 Å². The second kappa shape index (κ2) is 10.1. The summed E-state index contributed by atoms with van der Waals surface area (Å²) in [6, 6.07) is 11.4. The lowest BCUT2D eigenvalue weighted by atomic mass is 10.0. The molecule has 2 aromatic heterocycles. The number of H-pyrrole nitrogens is 1. The molecule has 0 saturated heterocycles. The smallest absolute Gasteiger partial charge is 0.259 e. The van der Waals surface area contributed by atoms with E-state index >= 15 is 0 Å². The van der Waals surface area contributed by atoms with Gasteiger partial charge in [-0.05, 0) is 54.8 Å². The number of allylic oxidation sites excluding steroid dienone is 2. The van der Waals surface area contributed by atoms with Crippen LogP contribution in [0.3, 0.4) is 0 Å². The molecule has 1 amide bonds. The molecule has 0 aliphatic carbocycles. The molecule has 0 saturated carbocycles. The average Bonchev–Trinajstić information content (AvgIpc) is 3.50. The standard InChI is InChI=1S/C29H27N7O2/c1-17-14-33-29(34-25(30)13-18(2)31-3)35-26(17)22-15-32-27-20(22)9-5-11-24(27)36-16-23-19(8-6-12-37)7-4-10-21(23)28(36)38/h4-15,31-32H,16H2,1-3H3,(H2,30,33,34,35)/b8-6+,18-13-. The number of hydrogen-bond acceptors (Lipinski definition) is 6. The van der Waals surface area contributed by atoms with Crippen LogP contribution in [0, 0.1) is 6.92 Å². The van der Waals surface area contributed by atoms with E-state index in [2.05, 4.69) is 25.3 Å². The number of fused-ring (bicyclic) bond motifs is 2. The number of amidine groups is 1. The molecule has 0 spiro atoms. The molecular weight excluding hydrogens is 478 g/mol. The van der Waals surface area contributed by atoms with Crippen molar-refractivity contribution in [3.63, 3.8) is 0 Å². The van der Waals surface area contributed by atoms with Crippen molar-refractivity contribution in [1.82, 2.24) is 20.3 Å². The Morgan fingerprint density at radius 2 is 2.03 bits per heavy atom. The Labute approximate surface area is 219 Å². The number of para-hydroxylation sites is 1. The molecule has 0 atom stereocenters. The fourth-order valence-corrected chi connectivity index (χ4v) is 4.61. The number of amides is 1. The number of nitrogens with two attached hydrogens (primary N) is 1. The first-order valence-corrected chi connectivity index (χ1v) is 12.1. The maximum Gasteiger partial charge on any atom is 0.259 e. The van der Waals surface area contributed by atoms with Crippen LogP contribution in [0.25, 0.3) is 28.2 Å². The molecule has 5 rings (SSSR count). The lowest BCUT2D eigenvalue weighted by Crippen LogP contribution is -2.23. The van der Waals surface area contributed by atoms with Crippen LogP contribution in [-0.4, -0.2) is 40.0 Å². The maximum atomic E-state index is 13.4. The molecular formula is C29H27N7O2. The number of nitrogens with one attached hydrogen (secondary N) is 2. The van der Waals surface area contributed by atoms with Gasteiger partial charge in [0.1, 0.15) is 12.1 Å². The number of carbonyl (C=O) groups excluding carboxylic acids is 2.